The summed E-state index contributed by atoms with van der Waals surface area (Å²) in [5, 5.41) is 16.5. The van der Waals surface area contributed by atoms with Gasteiger partial charge in [0.05, 0.1) is 35.8 Å². The van der Waals surface area contributed by atoms with E-state index in [1.165, 1.54) is 0 Å². The van der Waals surface area contributed by atoms with Crippen LogP contribution in [0.3, 0.4) is 0 Å². The highest BCUT2D eigenvalue weighted by molar-refractivity contribution is 5.73. The van der Waals surface area contributed by atoms with E-state index in [1.807, 2.05) is 6.92 Å². The highest BCUT2D eigenvalue weighted by atomic mass is 16.5. The predicted molar refractivity (Wildman–Crippen MR) is 78.1 cm³/mol. The molecule has 8 nitrogen and oxygen atoms in total. The molecule has 122 valence electrons. The first-order valence-electron chi connectivity index (χ1n) is 7.47. The molecule has 0 saturated carbocycles. The molecular formula is C15H18N4O4. The lowest BCUT2D eigenvalue weighted by Crippen LogP contribution is -2.41. The van der Waals surface area contributed by atoms with Crippen molar-refractivity contribution in [3.05, 3.63) is 22.7 Å². The third-order valence-electron chi connectivity index (χ3n) is 4.45. The lowest BCUT2D eigenvalue weighted by atomic mass is 9.68. The lowest BCUT2D eigenvalue weighted by molar-refractivity contribution is -0.142. The Bertz CT molecular complexity index is 718. The highest BCUT2D eigenvalue weighted by Crippen LogP contribution is 2.51. The van der Waals surface area contributed by atoms with Gasteiger partial charge in [0.1, 0.15) is 11.6 Å². The molecule has 1 unspecified atom stereocenters. The van der Waals surface area contributed by atoms with Crippen LogP contribution in [-0.2, 0) is 26.1 Å². The predicted octanol–water partition coefficient (Wildman–Crippen LogP) is 0.648. The van der Waals surface area contributed by atoms with Gasteiger partial charge in [-0.15, -0.1) is 5.10 Å². The molecule has 1 spiro atoms. The van der Waals surface area contributed by atoms with Gasteiger partial charge >= 0.3 is 5.97 Å². The monoisotopic (exact) mass is 318 g/mol. The fraction of sp³-hybridized carbons (Fsp3) is 0.533. The van der Waals surface area contributed by atoms with Crippen LogP contribution in [0.4, 0.5) is 0 Å². The molecule has 1 aromatic heterocycles. The van der Waals surface area contributed by atoms with E-state index in [0.29, 0.717) is 36.5 Å². The van der Waals surface area contributed by atoms with Gasteiger partial charge in [-0.3, -0.25) is 9.89 Å². The molecule has 1 saturated heterocycles. The molecule has 23 heavy (non-hydrogen) atoms. The van der Waals surface area contributed by atoms with Crippen molar-refractivity contribution in [2.75, 3.05) is 13.2 Å². The Kier molecular flexibility index (Phi) is 3.74. The van der Waals surface area contributed by atoms with Crippen LogP contribution in [0.5, 0.6) is 5.88 Å². The van der Waals surface area contributed by atoms with Crippen LogP contribution in [0.15, 0.2) is 11.5 Å². The molecule has 0 radical (unpaired) electrons. The summed E-state index contributed by atoms with van der Waals surface area (Å²) in [5.41, 5.74) is 6.72. The maximum atomic E-state index is 11.9. The number of ether oxygens (including phenoxy) is 3. The molecule has 2 aliphatic rings. The first-order chi connectivity index (χ1) is 11.0. The summed E-state index contributed by atoms with van der Waals surface area (Å²) < 4.78 is 16.2. The van der Waals surface area contributed by atoms with Crippen LogP contribution in [0, 0.1) is 11.3 Å². The summed E-state index contributed by atoms with van der Waals surface area (Å²) in [6.07, 6.45) is 0.313. The van der Waals surface area contributed by atoms with Crippen molar-refractivity contribution in [2.45, 2.75) is 38.2 Å². The highest BCUT2D eigenvalue weighted by Gasteiger charge is 2.54. The lowest BCUT2D eigenvalue weighted by Gasteiger charge is -2.35. The number of esters is 1. The van der Waals surface area contributed by atoms with Gasteiger partial charge in [-0.25, -0.2) is 0 Å². The van der Waals surface area contributed by atoms with Gasteiger partial charge in [0.2, 0.25) is 11.8 Å². The summed E-state index contributed by atoms with van der Waals surface area (Å²) in [4.78, 5) is 11.9. The summed E-state index contributed by atoms with van der Waals surface area (Å²) in [5.74, 6) is -0.0496. The van der Waals surface area contributed by atoms with Crippen LogP contribution in [0.2, 0.25) is 0 Å². The molecule has 0 amide bonds. The Morgan fingerprint density at radius 3 is 3.04 bits per heavy atom. The van der Waals surface area contributed by atoms with Gasteiger partial charge < -0.3 is 19.9 Å². The molecule has 0 bridgehead atoms. The van der Waals surface area contributed by atoms with Crippen molar-refractivity contribution < 1.29 is 19.0 Å². The van der Waals surface area contributed by atoms with Crippen LogP contribution in [-0.4, -0.2) is 35.5 Å². The quantitative estimate of drug-likeness (QED) is 0.784. The second-order valence-electron chi connectivity index (χ2n) is 5.55. The van der Waals surface area contributed by atoms with Gasteiger partial charge in [0.15, 0.2) is 0 Å². The van der Waals surface area contributed by atoms with Crippen LogP contribution in [0.1, 0.15) is 31.5 Å². The number of nitrogens with zero attached hydrogens (tertiary/aromatic N) is 2. The van der Waals surface area contributed by atoms with Gasteiger partial charge in [-0.1, -0.05) is 0 Å². The second-order valence-corrected chi connectivity index (χ2v) is 5.55. The Morgan fingerprint density at radius 1 is 1.65 bits per heavy atom. The summed E-state index contributed by atoms with van der Waals surface area (Å²) >= 11 is 0. The maximum Gasteiger partial charge on any atom is 0.311 e. The molecule has 3 N–H and O–H groups in total. The number of nitrogens with one attached hydrogen (secondary N) is 1. The van der Waals surface area contributed by atoms with E-state index >= 15 is 0 Å². The zero-order chi connectivity index (χ0) is 16.6. The number of carbonyl (C=O) groups is 1. The van der Waals surface area contributed by atoms with Gasteiger partial charge in [0.25, 0.3) is 0 Å². The molecule has 1 aromatic rings. The number of H-pyrrole nitrogens is 1. The number of nitriles is 1. The molecule has 1 fully saturated rings. The van der Waals surface area contributed by atoms with E-state index in [2.05, 4.69) is 16.3 Å². The fourth-order valence-corrected chi connectivity index (χ4v) is 3.43. The van der Waals surface area contributed by atoms with E-state index in [9.17, 15) is 10.1 Å². The number of fused-ring (bicyclic) bond motifs is 2. The first-order valence-corrected chi connectivity index (χ1v) is 7.47. The molecule has 8 heteroatoms. The third-order valence-corrected chi connectivity index (χ3v) is 4.45. The summed E-state index contributed by atoms with van der Waals surface area (Å²) in [6.45, 7) is 4.42. The molecule has 0 aliphatic carbocycles. The standard InChI is InChI=1S/C15H18N4O4/c1-3-21-11(20)6-10-12-14(19-18-10)23-13(17)9(7-16)15(12)4-5-22-8(15)2/h8H,3-6,17H2,1-2H3,(H,18,19)/t8-,15?/m1/s1. The number of nitrogens with two attached hydrogens (primary N) is 1. The molecule has 0 aromatic carbocycles. The minimum Gasteiger partial charge on any atom is -0.466 e. The molecule has 2 aliphatic heterocycles. The SMILES string of the molecule is CCOC(=O)Cc1[nH]nc2c1C1(CCO[C@@H]1C)C(C#N)=C(N)O2. The van der Waals surface area contributed by atoms with Gasteiger partial charge in [0, 0.05) is 6.61 Å². The average molecular weight is 318 g/mol. The van der Waals surface area contributed by atoms with Crippen molar-refractivity contribution in [3.8, 4) is 11.9 Å². The van der Waals surface area contributed by atoms with E-state index in [1.54, 1.807) is 6.92 Å². The minimum atomic E-state index is -0.749. The number of aromatic nitrogens is 2. The molecule has 3 rings (SSSR count). The van der Waals surface area contributed by atoms with Crippen molar-refractivity contribution >= 4 is 5.97 Å². The number of rotatable bonds is 3. The van der Waals surface area contributed by atoms with Crippen molar-refractivity contribution in [1.82, 2.24) is 10.2 Å². The number of aromatic amines is 1. The molecule has 2 atom stereocenters. The smallest absolute Gasteiger partial charge is 0.311 e. The Hall–Kier alpha value is -2.53. The average Bonchev–Trinajstić information content (AvgIpc) is 3.05. The van der Waals surface area contributed by atoms with Crippen molar-refractivity contribution in [2.24, 2.45) is 5.73 Å². The van der Waals surface area contributed by atoms with Gasteiger partial charge in [-0.05, 0) is 20.3 Å². The topological polar surface area (TPSA) is 123 Å². The molecule has 3 heterocycles. The zero-order valence-corrected chi connectivity index (χ0v) is 13.0. The third kappa shape index (κ3) is 2.16. The van der Waals surface area contributed by atoms with Crippen LogP contribution in [0.25, 0.3) is 0 Å². The van der Waals surface area contributed by atoms with Crippen molar-refractivity contribution in [3.63, 3.8) is 0 Å². The zero-order valence-electron chi connectivity index (χ0n) is 13.0. The number of hydrogen-bond donors (Lipinski definition) is 2. The number of carbonyl (C=O) groups excluding carboxylic acids is 1. The molecular weight excluding hydrogens is 300 g/mol. The maximum absolute atomic E-state index is 11.9. The van der Waals surface area contributed by atoms with Crippen LogP contribution >= 0.6 is 0 Å². The van der Waals surface area contributed by atoms with Crippen LogP contribution < -0.4 is 10.5 Å². The summed E-state index contributed by atoms with van der Waals surface area (Å²) in [6, 6.07) is 2.15. The van der Waals surface area contributed by atoms with Gasteiger partial charge in [-0.2, -0.15) is 5.26 Å². The van der Waals surface area contributed by atoms with E-state index in [0.717, 1.165) is 0 Å². The summed E-state index contributed by atoms with van der Waals surface area (Å²) in [7, 11) is 0. The first kappa shape index (κ1) is 15.4. The number of hydrogen-bond acceptors (Lipinski definition) is 7. The minimum absolute atomic E-state index is 0.0205. The Balaban J connectivity index is 2.11. The Labute approximate surface area is 133 Å². The van der Waals surface area contributed by atoms with E-state index < -0.39 is 5.41 Å². The fourth-order valence-electron chi connectivity index (χ4n) is 3.43. The largest absolute Gasteiger partial charge is 0.466 e. The van der Waals surface area contributed by atoms with E-state index in [4.69, 9.17) is 19.9 Å². The van der Waals surface area contributed by atoms with E-state index in [-0.39, 0.29) is 30.3 Å². The Morgan fingerprint density at radius 2 is 2.43 bits per heavy atom. The van der Waals surface area contributed by atoms with Crippen molar-refractivity contribution in [1.29, 1.82) is 5.26 Å². The normalized spacial score (nSPS) is 25.9. The second kappa shape index (κ2) is 5.59.